The minimum atomic E-state index is 0.411. The number of rotatable bonds is 7. The fraction of sp³-hybridized carbons (Fsp3) is 0.696. The summed E-state index contributed by atoms with van der Waals surface area (Å²) in [5, 5.41) is 7.96. The molecule has 0 amide bonds. The number of ether oxygens (including phenoxy) is 1. The van der Waals surface area contributed by atoms with E-state index in [1.165, 1.54) is 37.7 Å². The Morgan fingerprint density at radius 2 is 2.03 bits per heavy atom. The molecule has 3 rings (SSSR count). The third kappa shape index (κ3) is 6.05. The minimum absolute atomic E-state index is 0.411. The van der Waals surface area contributed by atoms with Gasteiger partial charge in [0.2, 0.25) is 0 Å². The predicted octanol–water partition coefficient (Wildman–Crippen LogP) is 3.92. The summed E-state index contributed by atoms with van der Waals surface area (Å²) in [6.45, 7) is 5.05. The number of benzene rings is 1. The van der Waals surface area contributed by atoms with Crippen LogP contribution in [0.25, 0.3) is 0 Å². The summed E-state index contributed by atoms with van der Waals surface area (Å²) in [4.78, 5) is 7.52. The summed E-state index contributed by atoms with van der Waals surface area (Å²) in [6, 6.07) is 9.54. The molecule has 0 spiro atoms. The first-order valence-electron chi connectivity index (χ1n) is 11.1. The van der Waals surface area contributed by atoms with E-state index in [1.54, 1.807) is 7.11 Å². The zero-order valence-corrected chi connectivity index (χ0v) is 19.3. The lowest BCUT2D eigenvalue weighted by Crippen LogP contribution is -2.43. The molecule has 1 aromatic rings. The van der Waals surface area contributed by atoms with E-state index in [0.717, 1.165) is 36.6 Å². The van der Waals surface area contributed by atoms with Gasteiger partial charge in [-0.1, -0.05) is 12.1 Å². The molecule has 5 nitrogen and oxygen atoms in total. The maximum atomic E-state index is 5.34. The lowest BCUT2D eigenvalue weighted by molar-refractivity contribution is 0.125. The highest BCUT2D eigenvalue weighted by atomic mass is 32.2. The van der Waals surface area contributed by atoms with Gasteiger partial charge in [-0.3, -0.25) is 9.89 Å². The Hall–Kier alpha value is -1.40. The van der Waals surface area contributed by atoms with E-state index in [0.29, 0.717) is 18.0 Å². The molecule has 0 bridgehead atoms. The average molecular weight is 419 g/mol. The number of thioether (sulfide) groups is 1. The van der Waals surface area contributed by atoms with Crippen LogP contribution in [0.1, 0.15) is 50.6 Å². The first-order valence-corrected chi connectivity index (χ1v) is 12.3. The highest BCUT2D eigenvalue weighted by Gasteiger charge is 2.31. The van der Waals surface area contributed by atoms with Gasteiger partial charge in [-0.25, -0.2) is 0 Å². The molecule has 2 aliphatic rings. The lowest BCUT2D eigenvalue weighted by atomic mass is 9.85. The maximum Gasteiger partial charge on any atom is 0.191 e. The Morgan fingerprint density at radius 1 is 1.24 bits per heavy atom. The Kier molecular flexibility index (Phi) is 8.54. The average Bonchev–Trinajstić information content (AvgIpc) is 3.20. The fourth-order valence-corrected chi connectivity index (χ4v) is 5.58. The summed E-state index contributed by atoms with van der Waals surface area (Å²) >= 11 is 2.00. The van der Waals surface area contributed by atoms with Gasteiger partial charge in [0.15, 0.2) is 5.96 Å². The van der Waals surface area contributed by atoms with Crippen LogP contribution in [-0.4, -0.2) is 62.2 Å². The van der Waals surface area contributed by atoms with Crippen LogP contribution >= 0.6 is 11.8 Å². The van der Waals surface area contributed by atoms with Crippen LogP contribution in [0.15, 0.2) is 29.3 Å². The molecule has 1 aliphatic carbocycles. The molecule has 6 heteroatoms. The van der Waals surface area contributed by atoms with Gasteiger partial charge in [-0.15, -0.1) is 0 Å². The Balaban J connectivity index is 1.68. The second kappa shape index (κ2) is 11.1. The Bertz CT molecular complexity index is 651. The molecule has 1 aliphatic heterocycles. The molecule has 2 fully saturated rings. The molecular formula is C23H38N4OS. The van der Waals surface area contributed by atoms with Gasteiger partial charge < -0.3 is 15.4 Å². The minimum Gasteiger partial charge on any atom is -0.497 e. The van der Waals surface area contributed by atoms with Gasteiger partial charge >= 0.3 is 0 Å². The summed E-state index contributed by atoms with van der Waals surface area (Å²) in [5.74, 6) is 2.43. The number of likely N-dealkylation sites (tertiary alicyclic amines) is 1. The maximum absolute atomic E-state index is 5.34. The molecule has 1 saturated carbocycles. The van der Waals surface area contributed by atoms with Gasteiger partial charge in [0.1, 0.15) is 5.75 Å². The van der Waals surface area contributed by atoms with Crippen LogP contribution in [0.4, 0.5) is 0 Å². The summed E-state index contributed by atoms with van der Waals surface area (Å²) < 4.78 is 5.34. The van der Waals surface area contributed by atoms with Crippen molar-refractivity contribution in [3.63, 3.8) is 0 Å². The molecule has 2 N–H and O–H groups in total. The van der Waals surface area contributed by atoms with E-state index in [4.69, 9.17) is 9.73 Å². The van der Waals surface area contributed by atoms with Crippen molar-refractivity contribution in [1.29, 1.82) is 0 Å². The van der Waals surface area contributed by atoms with Gasteiger partial charge in [0.25, 0.3) is 0 Å². The third-order valence-electron chi connectivity index (χ3n) is 6.35. The smallest absolute Gasteiger partial charge is 0.191 e. The van der Waals surface area contributed by atoms with Crippen LogP contribution in [0.2, 0.25) is 0 Å². The fourth-order valence-electron chi connectivity index (χ4n) is 4.79. The number of hydrogen-bond acceptors (Lipinski definition) is 4. The van der Waals surface area contributed by atoms with E-state index < -0.39 is 0 Å². The van der Waals surface area contributed by atoms with Crippen LogP contribution in [-0.2, 0) is 0 Å². The molecule has 4 unspecified atom stereocenters. The molecule has 0 aromatic heterocycles. The molecular weight excluding hydrogens is 380 g/mol. The van der Waals surface area contributed by atoms with Crippen LogP contribution in [0.3, 0.4) is 0 Å². The highest BCUT2D eigenvalue weighted by Crippen LogP contribution is 2.36. The molecule has 1 heterocycles. The molecule has 1 aromatic carbocycles. The van der Waals surface area contributed by atoms with Crippen molar-refractivity contribution in [3.8, 4) is 5.75 Å². The quantitative estimate of drug-likeness (QED) is 0.519. The second-order valence-corrected chi connectivity index (χ2v) is 9.47. The number of nitrogens with zero attached hydrogens (tertiary/aromatic N) is 2. The largest absolute Gasteiger partial charge is 0.497 e. The van der Waals surface area contributed by atoms with Gasteiger partial charge in [0.05, 0.1) is 7.11 Å². The number of nitrogens with one attached hydrogen (secondary N) is 2. The van der Waals surface area contributed by atoms with Gasteiger partial charge in [-0.2, -0.15) is 11.8 Å². The van der Waals surface area contributed by atoms with Crippen LogP contribution in [0, 0.1) is 5.92 Å². The molecule has 29 heavy (non-hydrogen) atoms. The van der Waals surface area contributed by atoms with Crippen LogP contribution < -0.4 is 15.4 Å². The molecule has 162 valence electrons. The topological polar surface area (TPSA) is 48.9 Å². The van der Waals surface area contributed by atoms with Crippen molar-refractivity contribution < 1.29 is 4.74 Å². The molecule has 4 atom stereocenters. The second-order valence-electron chi connectivity index (χ2n) is 8.33. The number of piperidine rings is 1. The standard InChI is InChI=1S/C23H38N4OS/c1-5-24-23(26-19-10-13-21(15-19)29-4)25-16-18-7-6-14-27(2)22(18)17-8-11-20(28-3)12-9-17/h8-9,11-12,18-19,21-22H,5-7,10,13-16H2,1-4H3,(H2,24,25,26). The zero-order chi connectivity index (χ0) is 20.6. The monoisotopic (exact) mass is 418 g/mol. The number of guanidine groups is 1. The normalized spacial score (nSPS) is 28.3. The van der Waals surface area contributed by atoms with Crippen molar-refractivity contribution in [3.05, 3.63) is 29.8 Å². The first kappa shape index (κ1) is 22.3. The van der Waals surface area contributed by atoms with Gasteiger partial charge in [0, 0.05) is 30.4 Å². The number of aliphatic imine (C=N–C) groups is 1. The first-order chi connectivity index (χ1) is 14.1. The van der Waals surface area contributed by atoms with Crippen molar-refractivity contribution in [2.24, 2.45) is 10.9 Å². The summed E-state index contributed by atoms with van der Waals surface area (Å²) in [7, 11) is 3.97. The Labute approximate surface area is 181 Å². The van der Waals surface area contributed by atoms with E-state index in [1.807, 2.05) is 11.8 Å². The molecule has 1 saturated heterocycles. The van der Waals surface area contributed by atoms with E-state index in [9.17, 15) is 0 Å². The highest BCUT2D eigenvalue weighted by molar-refractivity contribution is 7.99. The molecule has 0 radical (unpaired) electrons. The van der Waals surface area contributed by atoms with Crippen molar-refractivity contribution in [1.82, 2.24) is 15.5 Å². The van der Waals surface area contributed by atoms with Crippen molar-refractivity contribution >= 4 is 17.7 Å². The van der Waals surface area contributed by atoms with E-state index in [2.05, 4.69) is 60.0 Å². The number of methoxy groups -OCH3 is 1. The number of hydrogen-bond donors (Lipinski definition) is 2. The van der Waals surface area contributed by atoms with Crippen LogP contribution in [0.5, 0.6) is 5.75 Å². The SMILES string of the molecule is CCNC(=NCC1CCCN(C)C1c1ccc(OC)cc1)NC1CCC(SC)C1. The van der Waals surface area contributed by atoms with E-state index >= 15 is 0 Å². The third-order valence-corrected chi connectivity index (χ3v) is 7.45. The van der Waals surface area contributed by atoms with Crippen molar-refractivity contribution in [2.75, 3.05) is 40.0 Å². The van der Waals surface area contributed by atoms with Gasteiger partial charge in [-0.05, 0) is 82.5 Å². The zero-order valence-electron chi connectivity index (χ0n) is 18.5. The predicted molar refractivity (Wildman–Crippen MR) is 125 cm³/mol. The van der Waals surface area contributed by atoms with E-state index in [-0.39, 0.29) is 0 Å². The van der Waals surface area contributed by atoms with Crippen molar-refractivity contribution in [2.45, 2.75) is 56.4 Å². The lowest BCUT2D eigenvalue weighted by Gasteiger charge is -2.39. The Morgan fingerprint density at radius 3 is 2.69 bits per heavy atom. The summed E-state index contributed by atoms with van der Waals surface area (Å²) in [6.07, 6.45) is 8.49. The summed E-state index contributed by atoms with van der Waals surface area (Å²) in [5.41, 5.74) is 1.37.